The van der Waals surface area contributed by atoms with Gasteiger partial charge in [-0.3, -0.25) is 9.11 Å². The summed E-state index contributed by atoms with van der Waals surface area (Å²) in [6, 6.07) is 18.7. The zero-order valence-corrected chi connectivity index (χ0v) is 18.5. The molecule has 2 heterocycles. The van der Waals surface area contributed by atoms with Crippen LogP contribution >= 0.6 is 0 Å². The van der Waals surface area contributed by atoms with Crippen LogP contribution in [-0.4, -0.2) is 41.7 Å². The smallest absolute Gasteiger partial charge is 0.0967 e. The number of aromatic nitrogens is 3. The Hall–Kier alpha value is -2.39. The topological polar surface area (TPSA) is 86.1 Å². The predicted octanol–water partition coefficient (Wildman–Crippen LogP) is 3.15. The molecule has 1 aliphatic rings. The van der Waals surface area contributed by atoms with Gasteiger partial charge in [0.15, 0.2) is 0 Å². The van der Waals surface area contributed by atoms with E-state index in [1.54, 1.807) is 0 Å². The molecular weight excluding hydrogens is 410 g/mol. The van der Waals surface area contributed by atoms with Gasteiger partial charge in [-0.25, -0.2) is 9.40 Å². The van der Waals surface area contributed by atoms with Crippen molar-refractivity contribution in [3.05, 3.63) is 83.2 Å². The number of rotatable bonds is 8. The van der Waals surface area contributed by atoms with Crippen LogP contribution in [0.3, 0.4) is 0 Å². The van der Waals surface area contributed by atoms with Crippen molar-refractivity contribution >= 4 is 11.3 Å². The van der Waals surface area contributed by atoms with E-state index < -0.39 is 11.3 Å². The van der Waals surface area contributed by atoms with Crippen LogP contribution in [0.25, 0.3) is 0 Å². The third kappa shape index (κ3) is 5.86. The van der Waals surface area contributed by atoms with Crippen LogP contribution in [0.15, 0.2) is 60.8 Å². The Morgan fingerprint density at radius 1 is 1.16 bits per heavy atom. The summed E-state index contributed by atoms with van der Waals surface area (Å²) in [5.74, 6) is 0.503. The summed E-state index contributed by atoms with van der Waals surface area (Å²) in [6.45, 7) is 5.31. The van der Waals surface area contributed by atoms with Crippen molar-refractivity contribution in [1.29, 1.82) is 0 Å². The molecule has 0 bridgehead atoms. The molecule has 4 rings (SSSR count). The Kier molecular flexibility index (Phi) is 7.24. The standard InChI is InChI=1S/C23H29N5O2S/c1-18(20-7-3-2-4-8-20)28-17-23(25-26-28)16-27-12-10-21(11-13-27)22-9-5-6-19(14-22)15-24-31(29)30/h2-9,14,17-18,21,24H,10-13,15-16H2,1H3,(H,29,30)/p-1. The first-order chi connectivity index (χ1) is 15.1. The van der Waals surface area contributed by atoms with Crippen molar-refractivity contribution in [1.82, 2.24) is 24.6 Å². The normalized spacial score (nSPS) is 17.5. The van der Waals surface area contributed by atoms with Crippen molar-refractivity contribution in [3.8, 4) is 0 Å². The summed E-state index contributed by atoms with van der Waals surface area (Å²) in [4.78, 5) is 2.43. The maximum absolute atomic E-state index is 10.7. The fourth-order valence-electron chi connectivity index (χ4n) is 4.21. The Morgan fingerprint density at radius 2 is 1.94 bits per heavy atom. The second-order valence-corrected chi connectivity index (χ2v) is 8.89. The largest absolute Gasteiger partial charge is 0.760 e. The fraction of sp³-hybridized carbons (Fsp3) is 0.391. The maximum Gasteiger partial charge on any atom is 0.0967 e. The Balaban J connectivity index is 1.30. The van der Waals surface area contributed by atoms with Crippen LogP contribution in [0.5, 0.6) is 0 Å². The molecule has 7 nitrogen and oxygen atoms in total. The lowest BCUT2D eigenvalue weighted by Gasteiger charge is -2.31. The van der Waals surface area contributed by atoms with Crippen molar-refractivity contribution in [2.75, 3.05) is 13.1 Å². The van der Waals surface area contributed by atoms with Crippen molar-refractivity contribution in [2.45, 2.75) is 44.8 Å². The Bertz CT molecular complexity index is 1000. The van der Waals surface area contributed by atoms with Gasteiger partial charge in [-0.1, -0.05) is 59.8 Å². The van der Waals surface area contributed by atoms with Gasteiger partial charge in [0.05, 0.1) is 17.9 Å². The molecule has 2 atom stereocenters. The lowest BCUT2D eigenvalue weighted by Crippen LogP contribution is -2.32. The highest BCUT2D eigenvalue weighted by atomic mass is 32.2. The van der Waals surface area contributed by atoms with E-state index in [1.807, 2.05) is 35.0 Å². The molecule has 0 amide bonds. The van der Waals surface area contributed by atoms with E-state index in [9.17, 15) is 8.76 Å². The molecule has 164 valence electrons. The molecular formula is C23H28N5O2S-. The van der Waals surface area contributed by atoms with Crippen molar-refractivity contribution in [3.63, 3.8) is 0 Å². The molecule has 1 N–H and O–H groups in total. The monoisotopic (exact) mass is 438 g/mol. The van der Waals surface area contributed by atoms with Crippen molar-refractivity contribution < 1.29 is 8.76 Å². The minimum atomic E-state index is -2.23. The quantitative estimate of drug-likeness (QED) is 0.546. The van der Waals surface area contributed by atoms with E-state index in [-0.39, 0.29) is 6.04 Å². The lowest BCUT2D eigenvalue weighted by atomic mass is 9.88. The third-order valence-electron chi connectivity index (χ3n) is 6.03. The van der Waals surface area contributed by atoms with Gasteiger partial charge < -0.3 is 4.55 Å². The SMILES string of the molecule is CC(c1ccccc1)n1cc(CN2CCC(c3cccc(CNS(=O)[O-])c3)CC2)nn1. The number of likely N-dealkylation sites (tertiary alicyclic amines) is 1. The number of hydrogen-bond acceptors (Lipinski definition) is 5. The minimum Gasteiger partial charge on any atom is -0.760 e. The molecule has 1 saturated heterocycles. The van der Waals surface area contributed by atoms with E-state index in [4.69, 9.17) is 0 Å². The minimum absolute atomic E-state index is 0.161. The van der Waals surface area contributed by atoms with Gasteiger partial charge in [0, 0.05) is 24.4 Å². The van der Waals surface area contributed by atoms with Gasteiger partial charge >= 0.3 is 0 Å². The number of piperidine rings is 1. The fourth-order valence-corrected chi connectivity index (χ4v) is 4.50. The first kappa shape index (κ1) is 21.8. The molecule has 1 aromatic heterocycles. The van der Waals surface area contributed by atoms with Crippen LogP contribution < -0.4 is 4.72 Å². The summed E-state index contributed by atoms with van der Waals surface area (Å²) in [5, 5.41) is 8.74. The predicted molar refractivity (Wildman–Crippen MR) is 120 cm³/mol. The number of nitrogens with one attached hydrogen (secondary N) is 1. The molecule has 1 fully saturated rings. The molecule has 8 heteroatoms. The van der Waals surface area contributed by atoms with Gasteiger partial charge in [0.1, 0.15) is 0 Å². The average Bonchev–Trinajstić information content (AvgIpc) is 3.27. The highest BCUT2D eigenvalue weighted by Gasteiger charge is 2.22. The first-order valence-corrected chi connectivity index (χ1v) is 11.8. The van der Waals surface area contributed by atoms with Crippen LogP contribution in [0.1, 0.15) is 54.1 Å². The molecule has 31 heavy (non-hydrogen) atoms. The van der Waals surface area contributed by atoms with Gasteiger partial charge in [-0.05, 0) is 55.5 Å². The molecule has 3 aromatic rings. The van der Waals surface area contributed by atoms with Gasteiger partial charge in [0.2, 0.25) is 0 Å². The first-order valence-electron chi connectivity index (χ1n) is 10.7. The third-order valence-corrected chi connectivity index (χ3v) is 6.41. The molecule has 0 aliphatic carbocycles. The zero-order chi connectivity index (χ0) is 21.6. The van der Waals surface area contributed by atoms with E-state index in [2.05, 4.69) is 57.3 Å². The lowest BCUT2D eigenvalue weighted by molar-refractivity contribution is 0.202. The van der Waals surface area contributed by atoms with Crippen LogP contribution in [0.4, 0.5) is 0 Å². The van der Waals surface area contributed by atoms with Crippen LogP contribution in [0.2, 0.25) is 0 Å². The number of benzene rings is 2. The molecule has 2 unspecified atom stereocenters. The second-order valence-electron chi connectivity index (χ2n) is 8.13. The summed E-state index contributed by atoms with van der Waals surface area (Å²) < 4.78 is 25.8. The van der Waals surface area contributed by atoms with Gasteiger partial charge in [0.25, 0.3) is 0 Å². The molecule has 1 aliphatic heterocycles. The number of hydrogen-bond donors (Lipinski definition) is 1. The number of nitrogens with zero attached hydrogens (tertiary/aromatic N) is 4. The second kappa shape index (κ2) is 10.3. The molecule has 2 aromatic carbocycles. The Labute approximate surface area is 185 Å². The summed E-state index contributed by atoms with van der Waals surface area (Å²) in [6.07, 6.45) is 4.22. The molecule has 0 saturated carbocycles. The Morgan fingerprint density at radius 3 is 2.68 bits per heavy atom. The van der Waals surface area contributed by atoms with E-state index >= 15 is 0 Å². The van der Waals surface area contributed by atoms with Gasteiger partial charge in [-0.2, -0.15) is 0 Å². The van der Waals surface area contributed by atoms with Crippen LogP contribution in [-0.2, 0) is 24.4 Å². The highest BCUT2D eigenvalue weighted by Crippen LogP contribution is 2.29. The molecule has 0 radical (unpaired) electrons. The average molecular weight is 439 g/mol. The summed E-state index contributed by atoms with van der Waals surface area (Å²) in [5.41, 5.74) is 4.50. The molecule has 0 spiro atoms. The van der Waals surface area contributed by atoms with E-state index in [0.717, 1.165) is 43.7 Å². The van der Waals surface area contributed by atoms with E-state index in [0.29, 0.717) is 12.5 Å². The summed E-state index contributed by atoms with van der Waals surface area (Å²) >= 11 is -2.23. The van der Waals surface area contributed by atoms with Crippen LogP contribution in [0, 0.1) is 0 Å². The summed E-state index contributed by atoms with van der Waals surface area (Å²) in [7, 11) is 0. The highest BCUT2D eigenvalue weighted by molar-refractivity contribution is 7.77. The zero-order valence-electron chi connectivity index (χ0n) is 17.7. The van der Waals surface area contributed by atoms with Gasteiger partial charge in [-0.15, -0.1) is 5.10 Å². The maximum atomic E-state index is 10.7. The van der Waals surface area contributed by atoms with E-state index in [1.165, 1.54) is 11.1 Å². The van der Waals surface area contributed by atoms with Crippen molar-refractivity contribution in [2.24, 2.45) is 0 Å².